The molecular formula is C17H12N6. The summed E-state index contributed by atoms with van der Waals surface area (Å²) in [5.41, 5.74) is 5.11. The molecule has 5 heterocycles. The van der Waals surface area contributed by atoms with Crippen molar-refractivity contribution < 1.29 is 0 Å². The number of fused-ring (bicyclic) bond motifs is 5. The van der Waals surface area contributed by atoms with Gasteiger partial charge in [0.1, 0.15) is 23.1 Å². The van der Waals surface area contributed by atoms with E-state index in [2.05, 4.69) is 25.6 Å². The van der Waals surface area contributed by atoms with Gasteiger partial charge in [-0.05, 0) is 23.8 Å². The lowest BCUT2D eigenvalue weighted by atomic mass is 10.3. The molecule has 0 aliphatic rings. The van der Waals surface area contributed by atoms with Crippen molar-refractivity contribution in [3.05, 3.63) is 67.1 Å². The van der Waals surface area contributed by atoms with Gasteiger partial charge in [0.25, 0.3) is 0 Å². The second kappa shape index (κ2) is 4.61. The number of rotatable bonds is 2. The Bertz CT molecular complexity index is 1130. The van der Waals surface area contributed by atoms with Crippen LogP contribution in [-0.2, 0) is 6.54 Å². The highest BCUT2D eigenvalue weighted by molar-refractivity contribution is 6.05. The molecular weight excluding hydrogens is 288 g/mol. The van der Waals surface area contributed by atoms with E-state index >= 15 is 0 Å². The van der Waals surface area contributed by atoms with Gasteiger partial charge < -0.3 is 4.57 Å². The number of nitrogens with zero attached hydrogens (tertiary/aromatic N) is 6. The maximum Gasteiger partial charge on any atom is 0.147 e. The minimum atomic E-state index is 0.723. The van der Waals surface area contributed by atoms with Crippen LogP contribution < -0.4 is 0 Å². The Labute approximate surface area is 131 Å². The van der Waals surface area contributed by atoms with Crippen molar-refractivity contribution in [3.63, 3.8) is 0 Å². The van der Waals surface area contributed by atoms with Gasteiger partial charge in [0.2, 0.25) is 0 Å². The zero-order valence-corrected chi connectivity index (χ0v) is 12.2. The van der Waals surface area contributed by atoms with Crippen LogP contribution in [0, 0.1) is 0 Å². The molecule has 0 saturated heterocycles. The Morgan fingerprint density at radius 1 is 0.913 bits per heavy atom. The van der Waals surface area contributed by atoms with E-state index in [0.29, 0.717) is 0 Å². The lowest BCUT2D eigenvalue weighted by molar-refractivity contribution is 0.841. The molecule has 0 atom stereocenters. The summed E-state index contributed by atoms with van der Waals surface area (Å²) in [7, 11) is 0. The zero-order valence-electron chi connectivity index (χ0n) is 12.2. The largest absolute Gasteiger partial charge is 0.320 e. The summed E-state index contributed by atoms with van der Waals surface area (Å²) in [6.07, 6.45) is 10.9. The molecule has 23 heavy (non-hydrogen) atoms. The number of hydrogen-bond donors (Lipinski definition) is 0. The van der Waals surface area contributed by atoms with Crippen LogP contribution in [0.5, 0.6) is 0 Å². The van der Waals surface area contributed by atoms with Crippen LogP contribution in [0.2, 0.25) is 0 Å². The third-order valence-corrected chi connectivity index (χ3v) is 4.07. The Morgan fingerprint density at radius 2 is 1.83 bits per heavy atom. The van der Waals surface area contributed by atoms with E-state index < -0.39 is 0 Å². The molecule has 0 bridgehead atoms. The van der Waals surface area contributed by atoms with Crippen LogP contribution in [0.15, 0.2) is 61.6 Å². The SMILES string of the molecule is c1cncc(Cn2c3ccncc3c3nc4ccncn4c32)c1. The summed E-state index contributed by atoms with van der Waals surface area (Å²) in [4.78, 5) is 17.5. The van der Waals surface area contributed by atoms with Gasteiger partial charge in [-0.25, -0.2) is 9.97 Å². The van der Waals surface area contributed by atoms with Crippen molar-refractivity contribution in [1.82, 2.24) is 28.9 Å². The zero-order chi connectivity index (χ0) is 15.2. The van der Waals surface area contributed by atoms with E-state index in [4.69, 9.17) is 4.98 Å². The van der Waals surface area contributed by atoms with Crippen molar-refractivity contribution in [2.45, 2.75) is 6.54 Å². The maximum absolute atomic E-state index is 4.75. The molecule has 5 aromatic rings. The second-order valence-corrected chi connectivity index (χ2v) is 5.43. The average molecular weight is 300 g/mol. The highest BCUT2D eigenvalue weighted by Crippen LogP contribution is 2.29. The number of imidazole rings is 1. The lowest BCUT2D eigenvalue weighted by Gasteiger charge is -2.07. The molecule has 0 N–H and O–H groups in total. The number of pyridine rings is 2. The molecule has 0 spiro atoms. The highest BCUT2D eigenvalue weighted by Gasteiger charge is 2.16. The average Bonchev–Trinajstić information content (AvgIpc) is 3.12. The van der Waals surface area contributed by atoms with Crippen LogP contribution in [0.4, 0.5) is 0 Å². The van der Waals surface area contributed by atoms with E-state index in [1.165, 1.54) is 0 Å². The third-order valence-electron chi connectivity index (χ3n) is 4.07. The van der Waals surface area contributed by atoms with Crippen molar-refractivity contribution in [2.75, 3.05) is 0 Å². The fourth-order valence-electron chi connectivity index (χ4n) is 3.08. The first-order valence-corrected chi connectivity index (χ1v) is 7.35. The Hall–Kier alpha value is -3.28. The molecule has 0 saturated carbocycles. The van der Waals surface area contributed by atoms with Gasteiger partial charge in [-0.15, -0.1) is 0 Å². The van der Waals surface area contributed by atoms with Gasteiger partial charge >= 0.3 is 0 Å². The third kappa shape index (κ3) is 1.75. The maximum atomic E-state index is 4.75. The molecule has 6 nitrogen and oxygen atoms in total. The molecule has 0 aromatic carbocycles. The monoisotopic (exact) mass is 300 g/mol. The summed E-state index contributed by atoms with van der Waals surface area (Å²) in [6, 6.07) is 7.97. The summed E-state index contributed by atoms with van der Waals surface area (Å²) in [5, 5.41) is 1.05. The van der Waals surface area contributed by atoms with Gasteiger partial charge in [0.05, 0.1) is 12.1 Å². The standard InChI is InChI=1S/C17H12N6/c1-2-12(8-18-5-1)10-22-14-3-6-19-9-13(14)16-17(22)23-11-20-7-4-15(23)21-16/h1-9,11H,10H2. The van der Waals surface area contributed by atoms with E-state index in [1.54, 1.807) is 18.7 Å². The molecule has 6 heteroatoms. The van der Waals surface area contributed by atoms with Crippen molar-refractivity contribution >= 4 is 27.7 Å². The molecule has 0 unspecified atom stereocenters. The minimum absolute atomic E-state index is 0.723. The normalized spacial score (nSPS) is 11.7. The molecule has 5 aromatic heterocycles. The molecule has 0 aliphatic heterocycles. The molecule has 0 aliphatic carbocycles. The van der Waals surface area contributed by atoms with E-state index in [1.807, 2.05) is 41.2 Å². The van der Waals surface area contributed by atoms with Crippen molar-refractivity contribution in [1.29, 1.82) is 0 Å². The molecule has 0 radical (unpaired) electrons. The Kier molecular flexibility index (Phi) is 2.46. The smallest absolute Gasteiger partial charge is 0.147 e. The van der Waals surface area contributed by atoms with Gasteiger partial charge in [-0.3, -0.25) is 14.4 Å². The van der Waals surface area contributed by atoms with Crippen LogP contribution in [0.25, 0.3) is 27.7 Å². The number of aromatic nitrogens is 6. The van der Waals surface area contributed by atoms with Crippen LogP contribution >= 0.6 is 0 Å². The van der Waals surface area contributed by atoms with Crippen LogP contribution in [0.1, 0.15) is 5.56 Å². The Morgan fingerprint density at radius 3 is 2.74 bits per heavy atom. The van der Waals surface area contributed by atoms with Crippen molar-refractivity contribution in [3.8, 4) is 0 Å². The quantitative estimate of drug-likeness (QED) is 0.503. The minimum Gasteiger partial charge on any atom is -0.320 e. The van der Waals surface area contributed by atoms with Crippen molar-refractivity contribution in [2.24, 2.45) is 0 Å². The second-order valence-electron chi connectivity index (χ2n) is 5.43. The van der Waals surface area contributed by atoms with Gasteiger partial charge in [0.15, 0.2) is 0 Å². The van der Waals surface area contributed by atoms with Gasteiger partial charge in [-0.1, -0.05) is 6.07 Å². The fraction of sp³-hybridized carbons (Fsp3) is 0.0588. The van der Waals surface area contributed by atoms with Crippen LogP contribution in [0.3, 0.4) is 0 Å². The first-order valence-electron chi connectivity index (χ1n) is 7.35. The summed E-state index contributed by atoms with van der Waals surface area (Å²) in [5.74, 6) is 0. The molecule has 5 rings (SSSR count). The fourth-order valence-corrected chi connectivity index (χ4v) is 3.08. The molecule has 0 fully saturated rings. The summed E-state index contributed by atoms with van der Waals surface area (Å²) < 4.78 is 4.26. The van der Waals surface area contributed by atoms with E-state index in [-0.39, 0.29) is 0 Å². The summed E-state index contributed by atoms with van der Waals surface area (Å²) in [6.45, 7) is 0.723. The van der Waals surface area contributed by atoms with E-state index in [0.717, 1.165) is 39.8 Å². The highest BCUT2D eigenvalue weighted by atomic mass is 15.2. The molecule has 0 amide bonds. The lowest BCUT2D eigenvalue weighted by Crippen LogP contribution is -2.02. The topological polar surface area (TPSA) is 60.9 Å². The first-order chi connectivity index (χ1) is 11.4. The number of hydrogen-bond acceptors (Lipinski definition) is 4. The summed E-state index contributed by atoms with van der Waals surface area (Å²) >= 11 is 0. The van der Waals surface area contributed by atoms with E-state index in [9.17, 15) is 0 Å². The molecule has 110 valence electrons. The predicted octanol–water partition coefficient (Wildman–Crippen LogP) is 2.68. The van der Waals surface area contributed by atoms with Gasteiger partial charge in [0, 0.05) is 36.4 Å². The first kappa shape index (κ1) is 12.3. The van der Waals surface area contributed by atoms with Gasteiger partial charge in [-0.2, -0.15) is 0 Å². The Balaban J connectivity index is 1.90. The van der Waals surface area contributed by atoms with Crippen LogP contribution in [-0.4, -0.2) is 28.9 Å². The predicted molar refractivity (Wildman–Crippen MR) is 87.1 cm³/mol.